The normalized spacial score (nSPS) is 11.0. The molecule has 0 aromatic heterocycles. The molecule has 0 fully saturated rings. The summed E-state index contributed by atoms with van der Waals surface area (Å²) in [5.41, 5.74) is 0.407. The van der Waals surface area contributed by atoms with Crippen LogP contribution in [0.15, 0.2) is 24.5 Å². The highest BCUT2D eigenvalue weighted by Gasteiger charge is 1.97. The fourth-order valence-corrected chi connectivity index (χ4v) is 0.819. The third-order valence-electron chi connectivity index (χ3n) is 1.62. The second kappa shape index (κ2) is 7.40. The molecule has 0 amide bonds. The van der Waals surface area contributed by atoms with Gasteiger partial charge in [-0.1, -0.05) is 12.7 Å². The van der Waals surface area contributed by atoms with Crippen LogP contribution in [0.5, 0.6) is 0 Å². The van der Waals surface area contributed by atoms with Gasteiger partial charge in [0, 0.05) is 5.57 Å². The molecular weight excluding hydrogens is 168 g/mol. The minimum atomic E-state index is -0.845. The molecule has 0 aliphatic rings. The van der Waals surface area contributed by atoms with E-state index in [0.717, 1.165) is 19.3 Å². The lowest BCUT2D eigenvalue weighted by Crippen LogP contribution is -1.95. The van der Waals surface area contributed by atoms with Crippen molar-refractivity contribution >= 4 is 5.97 Å². The van der Waals surface area contributed by atoms with E-state index in [1.807, 2.05) is 0 Å². The Bertz CT molecular complexity index is 194. The number of rotatable bonds is 7. The van der Waals surface area contributed by atoms with Crippen LogP contribution in [0.25, 0.3) is 0 Å². The van der Waals surface area contributed by atoms with Gasteiger partial charge >= 0.3 is 5.97 Å². The van der Waals surface area contributed by atoms with Gasteiger partial charge in [0.2, 0.25) is 0 Å². The van der Waals surface area contributed by atoms with Crippen molar-refractivity contribution in [2.75, 3.05) is 6.61 Å². The Morgan fingerprint density at radius 2 is 2.23 bits per heavy atom. The minimum Gasteiger partial charge on any atom is -0.502 e. The summed E-state index contributed by atoms with van der Waals surface area (Å²) < 4.78 is 4.91. The van der Waals surface area contributed by atoms with Gasteiger partial charge in [0.1, 0.15) is 0 Å². The zero-order valence-electron chi connectivity index (χ0n) is 7.95. The molecule has 0 radical (unpaired) electrons. The highest BCUT2D eigenvalue weighted by Crippen LogP contribution is 2.01. The van der Waals surface area contributed by atoms with Crippen LogP contribution < -0.4 is 0 Å². The Kier molecular flexibility index (Phi) is 6.69. The molecule has 0 unspecified atom stereocenters. The van der Waals surface area contributed by atoms with Gasteiger partial charge in [0.25, 0.3) is 0 Å². The number of unbranched alkanes of at least 4 members (excludes halogenated alkanes) is 2. The van der Waals surface area contributed by atoms with E-state index in [9.17, 15) is 4.79 Å². The minimum absolute atomic E-state index is 0.407. The maximum Gasteiger partial charge on any atom is 0.330 e. The van der Waals surface area contributed by atoms with Crippen LogP contribution in [0.2, 0.25) is 0 Å². The molecule has 0 bridgehead atoms. The molecule has 13 heavy (non-hydrogen) atoms. The molecule has 0 spiro atoms. The smallest absolute Gasteiger partial charge is 0.330 e. The second-order valence-electron chi connectivity index (χ2n) is 2.73. The van der Waals surface area contributed by atoms with Gasteiger partial charge < -0.3 is 9.84 Å². The number of hydrogen-bond acceptors (Lipinski definition) is 2. The molecule has 1 N–H and O–H groups in total. The van der Waals surface area contributed by atoms with Gasteiger partial charge in [-0.05, 0) is 26.2 Å². The number of carboxylic acids is 1. The Labute approximate surface area is 78.7 Å². The zero-order chi connectivity index (χ0) is 10.1. The number of ether oxygens (including phenoxy) is 1. The first-order valence-corrected chi connectivity index (χ1v) is 4.31. The van der Waals surface area contributed by atoms with E-state index in [1.54, 1.807) is 13.0 Å². The number of carboxylic acid groups (broad SMARTS) is 1. The third kappa shape index (κ3) is 7.12. The van der Waals surface area contributed by atoms with Crippen molar-refractivity contribution in [1.82, 2.24) is 0 Å². The van der Waals surface area contributed by atoms with Gasteiger partial charge in [-0.2, -0.15) is 0 Å². The van der Waals surface area contributed by atoms with Crippen LogP contribution in [-0.4, -0.2) is 17.7 Å². The molecule has 74 valence electrons. The van der Waals surface area contributed by atoms with E-state index in [1.165, 1.54) is 6.26 Å². The molecule has 0 heterocycles. The van der Waals surface area contributed by atoms with Gasteiger partial charge in [-0.25, -0.2) is 4.79 Å². The largest absolute Gasteiger partial charge is 0.502 e. The number of hydrogen-bond donors (Lipinski definition) is 1. The summed E-state index contributed by atoms with van der Waals surface area (Å²) in [7, 11) is 0. The lowest BCUT2D eigenvalue weighted by atomic mass is 10.2. The molecule has 0 aromatic rings. The van der Waals surface area contributed by atoms with Crippen LogP contribution in [0.4, 0.5) is 0 Å². The molecular formula is C10H16O3. The first-order valence-electron chi connectivity index (χ1n) is 4.31. The summed E-state index contributed by atoms with van der Waals surface area (Å²) in [5, 5.41) is 8.52. The summed E-state index contributed by atoms with van der Waals surface area (Å²) in [5.74, 6) is -0.845. The lowest BCUT2D eigenvalue weighted by Gasteiger charge is -1.98. The van der Waals surface area contributed by atoms with Crippen molar-refractivity contribution in [1.29, 1.82) is 0 Å². The highest BCUT2D eigenvalue weighted by atomic mass is 16.5. The van der Waals surface area contributed by atoms with Crippen molar-refractivity contribution in [3.63, 3.8) is 0 Å². The average molecular weight is 184 g/mol. The van der Waals surface area contributed by atoms with Gasteiger partial charge in [-0.3, -0.25) is 0 Å². The summed E-state index contributed by atoms with van der Waals surface area (Å²) in [6.45, 7) is 5.67. The number of allylic oxidation sites excluding steroid dienone is 1. The molecule has 0 atom stereocenters. The summed E-state index contributed by atoms with van der Waals surface area (Å²) in [6.07, 6.45) is 5.81. The summed E-state index contributed by atoms with van der Waals surface area (Å²) >= 11 is 0. The van der Waals surface area contributed by atoms with Crippen molar-refractivity contribution < 1.29 is 14.6 Å². The maximum atomic E-state index is 10.4. The molecule has 0 rings (SSSR count). The Balaban J connectivity index is 3.39. The van der Waals surface area contributed by atoms with Crippen molar-refractivity contribution in [3.05, 3.63) is 24.5 Å². The SMILES string of the molecule is C=COCCCC/C=C(\C)C(=O)O. The van der Waals surface area contributed by atoms with Crippen molar-refractivity contribution in [2.45, 2.75) is 26.2 Å². The van der Waals surface area contributed by atoms with Crippen LogP contribution in [0, 0.1) is 0 Å². The van der Waals surface area contributed by atoms with Crippen molar-refractivity contribution in [3.8, 4) is 0 Å². The highest BCUT2D eigenvalue weighted by molar-refractivity contribution is 5.85. The molecule has 0 aliphatic carbocycles. The van der Waals surface area contributed by atoms with Gasteiger partial charge in [-0.15, -0.1) is 0 Å². The number of carbonyl (C=O) groups is 1. The molecule has 0 aliphatic heterocycles. The van der Waals surface area contributed by atoms with Crippen LogP contribution in [0.1, 0.15) is 26.2 Å². The van der Waals surface area contributed by atoms with E-state index in [-0.39, 0.29) is 0 Å². The fraction of sp³-hybridized carbons (Fsp3) is 0.500. The molecule has 0 saturated carbocycles. The first kappa shape index (κ1) is 11.8. The quantitative estimate of drug-likeness (QED) is 0.375. The average Bonchev–Trinajstić information content (AvgIpc) is 2.10. The van der Waals surface area contributed by atoms with E-state index >= 15 is 0 Å². The molecule has 0 aromatic carbocycles. The Morgan fingerprint density at radius 1 is 1.54 bits per heavy atom. The molecule has 0 saturated heterocycles. The van der Waals surface area contributed by atoms with E-state index in [4.69, 9.17) is 9.84 Å². The predicted octanol–water partition coefficient (Wildman–Crippen LogP) is 2.35. The van der Waals surface area contributed by atoms with Gasteiger partial charge in [0.15, 0.2) is 0 Å². The number of aliphatic carboxylic acids is 1. The maximum absolute atomic E-state index is 10.4. The predicted molar refractivity (Wildman–Crippen MR) is 51.4 cm³/mol. The topological polar surface area (TPSA) is 46.5 Å². The van der Waals surface area contributed by atoms with E-state index in [2.05, 4.69) is 6.58 Å². The van der Waals surface area contributed by atoms with Crippen LogP contribution >= 0.6 is 0 Å². The van der Waals surface area contributed by atoms with E-state index in [0.29, 0.717) is 12.2 Å². The van der Waals surface area contributed by atoms with Crippen LogP contribution in [0.3, 0.4) is 0 Å². The monoisotopic (exact) mass is 184 g/mol. The fourth-order valence-electron chi connectivity index (χ4n) is 0.819. The van der Waals surface area contributed by atoms with Crippen molar-refractivity contribution in [2.24, 2.45) is 0 Å². The molecule has 3 nitrogen and oxygen atoms in total. The summed E-state index contributed by atoms with van der Waals surface area (Å²) in [6, 6.07) is 0. The first-order chi connectivity index (χ1) is 6.18. The zero-order valence-corrected chi connectivity index (χ0v) is 7.95. The second-order valence-corrected chi connectivity index (χ2v) is 2.73. The summed E-state index contributed by atoms with van der Waals surface area (Å²) in [4.78, 5) is 10.4. The standard InChI is InChI=1S/C10H16O3/c1-3-13-8-6-4-5-7-9(2)10(11)12/h3,7H,1,4-6,8H2,2H3,(H,11,12)/b9-7+. The van der Waals surface area contributed by atoms with Crippen LogP contribution in [-0.2, 0) is 9.53 Å². The van der Waals surface area contributed by atoms with Gasteiger partial charge in [0.05, 0.1) is 12.9 Å². The third-order valence-corrected chi connectivity index (χ3v) is 1.62. The lowest BCUT2D eigenvalue weighted by molar-refractivity contribution is -0.132. The van der Waals surface area contributed by atoms with E-state index < -0.39 is 5.97 Å². The molecule has 3 heteroatoms. The Hall–Kier alpha value is -1.25. The Morgan fingerprint density at radius 3 is 2.77 bits per heavy atom.